The molecule has 0 saturated carbocycles. The zero-order valence-corrected chi connectivity index (χ0v) is 12.5. The summed E-state index contributed by atoms with van der Waals surface area (Å²) in [5.41, 5.74) is 1.30. The summed E-state index contributed by atoms with van der Waals surface area (Å²) in [4.78, 5) is 16.0. The lowest BCUT2D eigenvalue weighted by Crippen LogP contribution is -2.18. The molecule has 0 aliphatic heterocycles. The second-order valence-corrected chi connectivity index (χ2v) is 5.03. The number of amides is 1. The lowest BCUT2D eigenvalue weighted by atomic mass is 10.1. The number of aromatic nitrogens is 2. The Kier molecular flexibility index (Phi) is 4.22. The molecule has 5 nitrogen and oxygen atoms in total. The Morgan fingerprint density at radius 2 is 2.04 bits per heavy atom. The minimum atomic E-state index is -4.60. The van der Waals surface area contributed by atoms with E-state index in [0.29, 0.717) is 23.8 Å². The SMILES string of the molecule is O=C(N/N=C/c1cc(C(F)(F)F)ccc1F)c1cn2ccccc2n1. The number of carbonyl (C=O) groups is 1. The van der Waals surface area contributed by atoms with Gasteiger partial charge in [-0.1, -0.05) is 6.07 Å². The average molecular weight is 350 g/mol. The number of hydrogen-bond donors (Lipinski definition) is 1. The van der Waals surface area contributed by atoms with Crippen LogP contribution in [0.2, 0.25) is 0 Å². The molecule has 9 heteroatoms. The minimum Gasteiger partial charge on any atom is -0.306 e. The molecule has 0 aliphatic carbocycles. The number of halogens is 4. The molecule has 0 fully saturated rings. The largest absolute Gasteiger partial charge is 0.416 e. The van der Waals surface area contributed by atoms with Crippen molar-refractivity contribution in [2.24, 2.45) is 5.10 Å². The first-order valence-corrected chi connectivity index (χ1v) is 6.98. The van der Waals surface area contributed by atoms with Crippen molar-refractivity contribution in [1.82, 2.24) is 14.8 Å². The van der Waals surface area contributed by atoms with E-state index < -0.39 is 29.0 Å². The number of nitrogens with one attached hydrogen (secondary N) is 1. The Balaban J connectivity index is 1.75. The van der Waals surface area contributed by atoms with Crippen LogP contribution in [0.15, 0.2) is 53.9 Å². The zero-order valence-electron chi connectivity index (χ0n) is 12.5. The molecule has 0 spiro atoms. The van der Waals surface area contributed by atoms with Crippen LogP contribution >= 0.6 is 0 Å². The molecule has 3 aromatic rings. The molecule has 128 valence electrons. The molecule has 0 bridgehead atoms. The number of fused-ring (bicyclic) bond motifs is 1. The fourth-order valence-corrected chi connectivity index (χ4v) is 2.08. The van der Waals surface area contributed by atoms with Crippen LogP contribution in [-0.2, 0) is 6.18 Å². The maximum Gasteiger partial charge on any atom is 0.416 e. The van der Waals surface area contributed by atoms with E-state index in [9.17, 15) is 22.4 Å². The molecule has 3 rings (SSSR count). The first-order chi connectivity index (χ1) is 11.8. The smallest absolute Gasteiger partial charge is 0.306 e. The van der Waals surface area contributed by atoms with E-state index in [0.717, 1.165) is 6.21 Å². The van der Waals surface area contributed by atoms with Gasteiger partial charge in [-0.25, -0.2) is 14.8 Å². The zero-order chi connectivity index (χ0) is 18.0. The van der Waals surface area contributed by atoms with Crippen LogP contribution in [0.4, 0.5) is 17.6 Å². The molecule has 1 aromatic carbocycles. The summed E-state index contributed by atoms with van der Waals surface area (Å²) in [5.74, 6) is -1.56. The Bertz CT molecular complexity index is 929. The standard InChI is InChI=1S/C16H10F4N4O/c17-12-5-4-11(16(18,19)20)7-10(12)8-21-23-15(25)13-9-24-6-2-1-3-14(24)22-13/h1-9H,(H,23,25)/b21-8+. The molecular formula is C16H10F4N4O. The van der Waals surface area contributed by atoms with E-state index in [-0.39, 0.29) is 5.69 Å². The maximum absolute atomic E-state index is 13.6. The van der Waals surface area contributed by atoms with Crippen LogP contribution in [0.3, 0.4) is 0 Å². The summed E-state index contributed by atoms with van der Waals surface area (Å²) in [6, 6.07) is 7.12. The number of carbonyl (C=O) groups excluding carboxylic acids is 1. The fourth-order valence-electron chi connectivity index (χ4n) is 2.08. The Morgan fingerprint density at radius 3 is 2.76 bits per heavy atom. The molecule has 0 radical (unpaired) electrons. The van der Waals surface area contributed by atoms with Crippen molar-refractivity contribution in [3.05, 3.63) is 71.4 Å². The molecule has 0 unspecified atom stereocenters. The van der Waals surface area contributed by atoms with Crippen LogP contribution in [0.25, 0.3) is 5.65 Å². The van der Waals surface area contributed by atoms with Gasteiger partial charge in [-0.15, -0.1) is 0 Å². The average Bonchev–Trinajstić information content (AvgIpc) is 2.99. The number of pyridine rings is 1. The number of hydrazone groups is 1. The number of nitrogens with zero attached hydrogens (tertiary/aromatic N) is 3. The molecule has 1 N–H and O–H groups in total. The highest BCUT2D eigenvalue weighted by molar-refractivity contribution is 5.93. The highest BCUT2D eigenvalue weighted by atomic mass is 19.4. The second-order valence-electron chi connectivity index (χ2n) is 5.03. The molecule has 2 heterocycles. The van der Waals surface area contributed by atoms with Crippen LogP contribution in [0, 0.1) is 5.82 Å². The highest BCUT2D eigenvalue weighted by Gasteiger charge is 2.30. The highest BCUT2D eigenvalue weighted by Crippen LogP contribution is 2.29. The third-order valence-electron chi connectivity index (χ3n) is 3.29. The van der Waals surface area contributed by atoms with Crippen LogP contribution in [-0.4, -0.2) is 21.5 Å². The van der Waals surface area contributed by atoms with Crippen molar-refractivity contribution in [2.75, 3.05) is 0 Å². The van der Waals surface area contributed by atoms with Crippen LogP contribution in [0.5, 0.6) is 0 Å². The molecule has 1 amide bonds. The van der Waals surface area contributed by atoms with Crippen LogP contribution in [0.1, 0.15) is 21.6 Å². The summed E-state index contributed by atoms with van der Waals surface area (Å²) in [6.45, 7) is 0. The first-order valence-electron chi connectivity index (χ1n) is 6.98. The molecule has 0 atom stereocenters. The number of hydrogen-bond acceptors (Lipinski definition) is 3. The number of imidazole rings is 1. The predicted molar refractivity (Wildman–Crippen MR) is 81.7 cm³/mol. The van der Waals surface area contributed by atoms with Gasteiger partial charge >= 0.3 is 6.18 Å². The van der Waals surface area contributed by atoms with E-state index in [1.54, 1.807) is 28.8 Å². The minimum absolute atomic E-state index is 0.0628. The maximum atomic E-state index is 13.6. The monoisotopic (exact) mass is 350 g/mol. The second kappa shape index (κ2) is 6.34. The van der Waals surface area contributed by atoms with E-state index in [2.05, 4.69) is 15.5 Å². The van der Waals surface area contributed by atoms with Gasteiger partial charge in [-0.05, 0) is 30.3 Å². The van der Waals surface area contributed by atoms with Crippen molar-refractivity contribution in [3.8, 4) is 0 Å². The van der Waals surface area contributed by atoms with Gasteiger partial charge in [0.2, 0.25) is 0 Å². The Morgan fingerprint density at radius 1 is 1.24 bits per heavy atom. The molecule has 25 heavy (non-hydrogen) atoms. The van der Waals surface area contributed by atoms with Gasteiger partial charge in [0.05, 0.1) is 11.8 Å². The van der Waals surface area contributed by atoms with Gasteiger partial charge in [0.25, 0.3) is 5.91 Å². The summed E-state index contributed by atoms with van der Waals surface area (Å²) in [6.07, 6.45) is -0.639. The Hall–Kier alpha value is -3.23. The van der Waals surface area contributed by atoms with Gasteiger partial charge in [0.15, 0.2) is 0 Å². The van der Waals surface area contributed by atoms with Gasteiger partial charge in [-0.3, -0.25) is 4.79 Å². The van der Waals surface area contributed by atoms with Gasteiger partial charge in [0, 0.05) is 18.0 Å². The van der Waals surface area contributed by atoms with Gasteiger partial charge in [0.1, 0.15) is 17.2 Å². The summed E-state index contributed by atoms with van der Waals surface area (Å²) in [7, 11) is 0. The lowest BCUT2D eigenvalue weighted by Gasteiger charge is -2.07. The van der Waals surface area contributed by atoms with E-state index >= 15 is 0 Å². The molecule has 2 aromatic heterocycles. The lowest BCUT2D eigenvalue weighted by molar-refractivity contribution is -0.137. The fraction of sp³-hybridized carbons (Fsp3) is 0.0625. The third-order valence-corrected chi connectivity index (χ3v) is 3.29. The number of benzene rings is 1. The molecular weight excluding hydrogens is 340 g/mol. The predicted octanol–water partition coefficient (Wildman–Crippen LogP) is 3.26. The van der Waals surface area contributed by atoms with Crippen molar-refractivity contribution < 1.29 is 22.4 Å². The van der Waals surface area contributed by atoms with Crippen molar-refractivity contribution in [1.29, 1.82) is 0 Å². The van der Waals surface area contributed by atoms with Crippen molar-refractivity contribution in [3.63, 3.8) is 0 Å². The van der Waals surface area contributed by atoms with Crippen LogP contribution < -0.4 is 5.43 Å². The Labute approximate surface area is 138 Å². The topological polar surface area (TPSA) is 58.8 Å². The van der Waals surface area contributed by atoms with Crippen molar-refractivity contribution >= 4 is 17.8 Å². The summed E-state index contributed by atoms with van der Waals surface area (Å²) < 4.78 is 53.1. The summed E-state index contributed by atoms with van der Waals surface area (Å²) in [5, 5.41) is 3.49. The van der Waals surface area contributed by atoms with E-state index in [1.165, 1.54) is 6.20 Å². The quantitative estimate of drug-likeness (QED) is 0.448. The van der Waals surface area contributed by atoms with Gasteiger partial charge in [-0.2, -0.15) is 18.3 Å². The van der Waals surface area contributed by atoms with Gasteiger partial charge < -0.3 is 4.40 Å². The van der Waals surface area contributed by atoms with E-state index in [4.69, 9.17) is 0 Å². The summed E-state index contributed by atoms with van der Waals surface area (Å²) >= 11 is 0. The van der Waals surface area contributed by atoms with E-state index in [1.807, 2.05) is 0 Å². The molecule has 0 aliphatic rings. The first kappa shape index (κ1) is 16.6. The normalized spacial score (nSPS) is 12.0. The molecule has 0 saturated heterocycles. The number of rotatable bonds is 3. The van der Waals surface area contributed by atoms with Crippen molar-refractivity contribution in [2.45, 2.75) is 6.18 Å². The third kappa shape index (κ3) is 3.65. The number of alkyl halides is 3.